The fourth-order valence-electron chi connectivity index (χ4n) is 2.72. The van der Waals surface area contributed by atoms with Crippen LogP contribution in [0.2, 0.25) is 0 Å². The molecule has 27 heavy (non-hydrogen) atoms. The van der Waals surface area contributed by atoms with Crippen LogP contribution in [0.15, 0.2) is 83.6 Å². The second-order valence-electron chi connectivity index (χ2n) is 5.94. The predicted octanol–water partition coefficient (Wildman–Crippen LogP) is 4.93. The van der Waals surface area contributed by atoms with Gasteiger partial charge >= 0.3 is 0 Å². The molecule has 0 radical (unpaired) electrons. The normalized spacial score (nSPS) is 10.7. The third-order valence-electron chi connectivity index (χ3n) is 4.02. The Kier molecular flexibility index (Phi) is 4.89. The molecule has 134 valence electrons. The van der Waals surface area contributed by atoms with Gasteiger partial charge in [-0.05, 0) is 48.5 Å². The van der Waals surface area contributed by atoms with E-state index in [4.69, 9.17) is 4.74 Å². The Balaban J connectivity index is 1.50. The maximum atomic E-state index is 12.6. The molecule has 0 atom stereocenters. The van der Waals surface area contributed by atoms with Crippen molar-refractivity contribution in [1.82, 2.24) is 9.38 Å². The molecule has 0 aliphatic carbocycles. The second kappa shape index (κ2) is 7.63. The monoisotopic (exact) mass is 421 g/mol. The predicted molar refractivity (Wildman–Crippen MR) is 108 cm³/mol. The van der Waals surface area contributed by atoms with Crippen molar-refractivity contribution in [3.8, 4) is 5.75 Å². The van der Waals surface area contributed by atoms with E-state index in [2.05, 4.69) is 26.2 Å². The number of halogens is 1. The molecule has 6 heteroatoms. The van der Waals surface area contributed by atoms with Crippen LogP contribution in [-0.2, 0) is 6.61 Å². The van der Waals surface area contributed by atoms with Gasteiger partial charge in [0.25, 0.3) is 5.91 Å². The molecule has 0 bridgehead atoms. The number of benzene rings is 2. The summed E-state index contributed by atoms with van der Waals surface area (Å²) < 4.78 is 8.78. The molecule has 0 aliphatic rings. The highest BCUT2D eigenvalue weighted by atomic mass is 79.9. The number of nitrogens with zero attached hydrogens (tertiary/aromatic N) is 2. The molecule has 0 saturated heterocycles. The average Bonchev–Trinajstić information content (AvgIpc) is 3.11. The number of pyridine rings is 1. The molecule has 0 aliphatic heterocycles. The number of carbonyl (C=O) groups is 1. The van der Waals surface area contributed by atoms with E-state index in [1.54, 1.807) is 12.1 Å². The third-order valence-corrected chi connectivity index (χ3v) is 4.55. The number of anilines is 1. The zero-order valence-electron chi connectivity index (χ0n) is 14.3. The number of hydrogen-bond acceptors (Lipinski definition) is 3. The second-order valence-corrected chi connectivity index (χ2v) is 6.86. The van der Waals surface area contributed by atoms with Crippen molar-refractivity contribution in [2.75, 3.05) is 5.32 Å². The summed E-state index contributed by atoms with van der Waals surface area (Å²) >= 11 is 3.38. The Bertz CT molecular complexity index is 1060. The topological polar surface area (TPSA) is 55.6 Å². The highest BCUT2D eigenvalue weighted by molar-refractivity contribution is 9.10. The smallest absolute Gasteiger partial charge is 0.259 e. The zero-order chi connectivity index (χ0) is 18.6. The van der Waals surface area contributed by atoms with Gasteiger partial charge in [0.2, 0.25) is 0 Å². The molecule has 0 fully saturated rings. The van der Waals surface area contributed by atoms with E-state index in [1.165, 1.54) is 0 Å². The van der Waals surface area contributed by atoms with E-state index < -0.39 is 0 Å². The highest BCUT2D eigenvalue weighted by Gasteiger charge is 2.13. The van der Waals surface area contributed by atoms with Crippen molar-refractivity contribution in [1.29, 1.82) is 0 Å². The number of para-hydroxylation sites is 1. The van der Waals surface area contributed by atoms with Gasteiger partial charge in [-0.1, -0.05) is 34.1 Å². The van der Waals surface area contributed by atoms with Gasteiger partial charge < -0.3 is 14.5 Å². The summed E-state index contributed by atoms with van der Waals surface area (Å²) in [7, 11) is 0. The summed E-state index contributed by atoms with van der Waals surface area (Å²) in [6.07, 6.45) is 3.85. The van der Waals surface area contributed by atoms with Crippen LogP contribution < -0.4 is 10.1 Å². The summed E-state index contributed by atoms with van der Waals surface area (Å²) in [5.74, 6) is 0.298. The molecule has 4 aromatic rings. The minimum atomic E-state index is -0.220. The lowest BCUT2D eigenvalue weighted by atomic mass is 10.2. The molecule has 1 amide bonds. The van der Waals surface area contributed by atoms with E-state index in [0.29, 0.717) is 11.3 Å². The standard InChI is InChI=1S/C21H16BrN3O2/c22-15-8-10-16(11-9-15)24-21(26)18-5-1-2-6-19(18)27-14-17-13-25-12-4-3-7-20(25)23-17/h1-13H,14H2,(H,24,26). The van der Waals surface area contributed by atoms with Crippen molar-refractivity contribution < 1.29 is 9.53 Å². The van der Waals surface area contributed by atoms with Crippen LogP contribution in [0.4, 0.5) is 5.69 Å². The SMILES string of the molecule is O=C(Nc1ccc(Br)cc1)c1ccccc1OCc1cn2ccccc2n1. The fourth-order valence-corrected chi connectivity index (χ4v) is 2.98. The molecule has 1 N–H and O–H groups in total. The van der Waals surface area contributed by atoms with Crippen molar-refractivity contribution in [3.05, 3.63) is 94.9 Å². The molecule has 0 spiro atoms. The van der Waals surface area contributed by atoms with Gasteiger partial charge in [-0.15, -0.1) is 0 Å². The van der Waals surface area contributed by atoms with Gasteiger partial charge in [0, 0.05) is 22.6 Å². The Morgan fingerprint density at radius 2 is 1.81 bits per heavy atom. The molecule has 2 aromatic carbocycles. The summed E-state index contributed by atoms with van der Waals surface area (Å²) in [5.41, 5.74) is 2.85. The van der Waals surface area contributed by atoms with Crippen LogP contribution in [0.25, 0.3) is 5.65 Å². The maximum absolute atomic E-state index is 12.6. The molecule has 0 unspecified atom stereocenters. The summed E-state index contributed by atoms with van der Waals surface area (Å²) in [4.78, 5) is 17.2. The Labute approximate surface area is 164 Å². The number of ether oxygens (including phenoxy) is 1. The lowest BCUT2D eigenvalue weighted by Crippen LogP contribution is -2.13. The minimum absolute atomic E-state index is 0.220. The Hall–Kier alpha value is -3.12. The number of hydrogen-bond donors (Lipinski definition) is 1. The number of imidazole rings is 1. The van der Waals surface area contributed by atoms with E-state index in [1.807, 2.05) is 71.4 Å². The molecule has 4 rings (SSSR count). The van der Waals surface area contributed by atoms with Crippen LogP contribution in [0.3, 0.4) is 0 Å². The van der Waals surface area contributed by atoms with Crippen molar-refractivity contribution in [2.24, 2.45) is 0 Å². The van der Waals surface area contributed by atoms with Gasteiger partial charge in [-0.3, -0.25) is 4.79 Å². The van der Waals surface area contributed by atoms with E-state index in [0.717, 1.165) is 21.5 Å². The zero-order valence-corrected chi connectivity index (χ0v) is 15.9. The molecular formula is C21H16BrN3O2. The maximum Gasteiger partial charge on any atom is 0.259 e. The summed E-state index contributed by atoms with van der Waals surface area (Å²) in [6.45, 7) is 0.282. The number of nitrogens with one attached hydrogen (secondary N) is 1. The summed E-state index contributed by atoms with van der Waals surface area (Å²) in [5, 5.41) is 2.89. The van der Waals surface area contributed by atoms with Crippen LogP contribution in [0, 0.1) is 0 Å². The minimum Gasteiger partial charge on any atom is -0.486 e. The Morgan fingerprint density at radius 3 is 2.63 bits per heavy atom. The third kappa shape index (κ3) is 4.01. The van der Waals surface area contributed by atoms with Gasteiger partial charge in [0.05, 0.1) is 11.3 Å². The lowest BCUT2D eigenvalue weighted by Gasteiger charge is -2.11. The first-order valence-electron chi connectivity index (χ1n) is 8.40. The molecule has 5 nitrogen and oxygen atoms in total. The van der Waals surface area contributed by atoms with E-state index >= 15 is 0 Å². The van der Waals surface area contributed by atoms with Crippen molar-refractivity contribution in [3.63, 3.8) is 0 Å². The first-order valence-corrected chi connectivity index (χ1v) is 9.20. The number of carbonyl (C=O) groups excluding carboxylic acids is 1. The van der Waals surface area contributed by atoms with Crippen molar-refractivity contribution >= 4 is 33.2 Å². The number of fused-ring (bicyclic) bond motifs is 1. The van der Waals surface area contributed by atoms with E-state index in [-0.39, 0.29) is 12.5 Å². The van der Waals surface area contributed by atoms with Crippen LogP contribution >= 0.6 is 15.9 Å². The van der Waals surface area contributed by atoms with Gasteiger partial charge in [-0.25, -0.2) is 4.98 Å². The summed E-state index contributed by atoms with van der Waals surface area (Å²) in [6, 6.07) is 20.4. The quantitative estimate of drug-likeness (QED) is 0.496. The number of amides is 1. The molecule has 0 saturated carbocycles. The lowest BCUT2D eigenvalue weighted by molar-refractivity contribution is 0.102. The van der Waals surface area contributed by atoms with Crippen LogP contribution in [0.5, 0.6) is 5.75 Å². The van der Waals surface area contributed by atoms with Gasteiger partial charge in [-0.2, -0.15) is 0 Å². The molecule has 2 heterocycles. The largest absolute Gasteiger partial charge is 0.486 e. The number of aromatic nitrogens is 2. The Morgan fingerprint density at radius 1 is 1.04 bits per heavy atom. The number of rotatable bonds is 5. The molecule has 2 aromatic heterocycles. The van der Waals surface area contributed by atoms with Crippen molar-refractivity contribution in [2.45, 2.75) is 6.61 Å². The highest BCUT2D eigenvalue weighted by Crippen LogP contribution is 2.22. The van der Waals surface area contributed by atoms with Crippen LogP contribution in [-0.4, -0.2) is 15.3 Å². The first-order chi connectivity index (χ1) is 13.2. The average molecular weight is 422 g/mol. The molecular weight excluding hydrogens is 406 g/mol. The first kappa shape index (κ1) is 17.3. The van der Waals surface area contributed by atoms with E-state index in [9.17, 15) is 4.79 Å². The fraction of sp³-hybridized carbons (Fsp3) is 0.0476. The van der Waals surface area contributed by atoms with Crippen LogP contribution in [0.1, 0.15) is 16.1 Å². The van der Waals surface area contributed by atoms with Gasteiger partial charge in [0.1, 0.15) is 18.0 Å². The van der Waals surface area contributed by atoms with Gasteiger partial charge in [0.15, 0.2) is 0 Å².